The number of hydrogen-bond acceptors (Lipinski definition) is 2. The third-order valence-electron chi connectivity index (χ3n) is 11.4. The molecule has 2 aliphatic rings. The molecule has 4 nitrogen and oxygen atoms in total. The van der Waals surface area contributed by atoms with E-state index in [-0.39, 0.29) is 5.41 Å². The van der Waals surface area contributed by atoms with E-state index in [0.29, 0.717) is 0 Å². The molecule has 270 valence electrons. The first-order valence-electron chi connectivity index (χ1n) is 19.1. The summed E-state index contributed by atoms with van der Waals surface area (Å²) in [6.07, 6.45) is 0. The summed E-state index contributed by atoms with van der Waals surface area (Å²) in [5, 5.41) is 0.763. The molecule has 0 saturated carbocycles. The van der Waals surface area contributed by atoms with Crippen molar-refractivity contribution in [1.82, 2.24) is 0 Å². The predicted octanol–water partition coefficient (Wildman–Crippen LogP) is 13.9. The summed E-state index contributed by atoms with van der Waals surface area (Å²) in [7, 11) is -3.52. The second-order valence-corrected chi connectivity index (χ2v) is 17.4. The Bertz CT molecular complexity index is 2750. The lowest BCUT2D eigenvalue weighted by Crippen LogP contribution is -2.26. The topological polar surface area (TPSA) is 26.8 Å². The first kappa shape index (κ1) is 33.9. The van der Waals surface area contributed by atoms with Crippen LogP contribution in [-0.4, -0.2) is 0 Å². The number of benzene rings is 8. The van der Waals surface area contributed by atoms with E-state index in [1.807, 2.05) is 78.9 Å². The summed E-state index contributed by atoms with van der Waals surface area (Å²) in [6, 6.07) is 71.8. The van der Waals surface area contributed by atoms with E-state index in [9.17, 15) is 0 Å². The molecule has 1 unspecified atom stereocenters. The van der Waals surface area contributed by atoms with Crippen LogP contribution in [0.2, 0.25) is 0 Å². The zero-order chi connectivity index (χ0) is 37.9. The van der Waals surface area contributed by atoms with Gasteiger partial charge in [-0.3, -0.25) is 13.9 Å². The van der Waals surface area contributed by atoms with E-state index < -0.39 is 7.44 Å². The highest BCUT2D eigenvalue weighted by Crippen LogP contribution is 2.70. The molecule has 8 aromatic carbocycles. The van der Waals surface area contributed by atoms with Gasteiger partial charge in [0.15, 0.2) is 0 Å². The molecule has 0 bridgehead atoms. The molecule has 1 aliphatic carbocycles. The monoisotopic (exact) mass is 741 g/mol. The van der Waals surface area contributed by atoms with E-state index in [1.165, 1.54) is 27.8 Å². The normalized spacial score (nSPS) is 16.2. The summed E-state index contributed by atoms with van der Waals surface area (Å²) >= 11 is 0. The minimum absolute atomic E-state index is 0.161. The molecule has 10 rings (SSSR count). The van der Waals surface area contributed by atoms with E-state index >= 15 is 4.57 Å². The number of para-hydroxylation sites is 2. The summed E-state index contributed by atoms with van der Waals surface area (Å²) in [6.45, 7) is 4.65. The molecular formula is C51H40N3OP. The molecule has 0 amide bonds. The Morgan fingerprint density at radius 3 is 1.57 bits per heavy atom. The highest BCUT2D eigenvalue weighted by atomic mass is 31.2. The Morgan fingerprint density at radius 1 is 0.429 bits per heavy atom. The van der Waals surface area contributed by atoms with Gasteiger partial charge in [-0.25, -0.2) is 0 Å². The maximum Gasteiger partial charge on any atom is 0.301 e. The fraction of sp³-hybridized carbons (Fsp3) is 0.0588. The maximum atomic E-state index is 16.3. The molecule has 0 N–H and O–H groups in total. The number of hydrogen-bond donors (Lipinski definition) is 0. The molecule has 0 aromatic heterocycles. The molecule has 5 heteroatoms. The lowest BCUT2D eigenvalue weighted by Gasteiger charge is -2.33. The minimum Gasteiger partial charge on any atom is -0.310 e. The van der Waals surface area contributed by atoms with Crippen molar-refractivity contribution >= 4 is 52.6 Å². The van der Waals surface area contributed by atoms with Crippen LogP contribution in [0.4, 0.5) is 39.8 Å². The van der Waals surface area contributed by atoms with E-state index in [2.05, 4.69) is 155 Å². The van der Waals surface area contributed by atoms with E-state index in [1.54, 1.807) is 0 Å². The van der Waals surface area contributed by atoms with Gasteiger partial charge in [0.05, 0.1) is 16.7 Å². The lowest BCUT2D eigenvalue weighted by molar-refractivity contribution is 0.582. The van der Waals surface area contributed by atoms with Crippen LogP contribution in [0, 0.1) is 0 Å². The van der Waals surface area contributed by atoms with Crippen molar-refractivity contribution in [2.75, 3.05) is 14.2 Å². The van der Waals surface area contributed by atoms with Crippen molar-refractivity contribution < 1.29 is 4.57 Å². The zero-order valence-electron chi connectivity index (χ0n) is 31.3. The van der Waals surface area contributed by atoms with Gasteiger partial charge in [0, 0.05) is 33.9 Å². The highest BCUT2D eigenvalue weighted by molar-refractivity contribution is 7.76. The lowest BCUT2D eigenvalue weighted by atomic mass is 9.82. The van der Waals surface area contributed by atoms with Crippen LogP contribution in [0.5, 0.6) is 0 Å². The Hall–Kier alpha value is -6.61. The molecule has 1 heterocycles. The largest absolute Gasteiger partial charge is 0.310 e. The van der Waals surface area contributed by atoms with Crippen molar-refractivity contribution in [2.45, 2.75) is 19.3 Å². The average Bonchev–Trinajstić information content (AvgIpc) is 3.66. The van der Waals surface area contributed by atoms with Crippen LogP contribution in [0.15, 0.2) is 206 Å². The van der Waals surface area contributed by atoms with Crippen LogP contribution in [0.3, 0.4) is 0 Å². The van der Waals surface area contributed by atoms with Gasteiger partial charge < -0.3 is 4.90 Å². The number of nitrogens with zero attached hydrogens (tertiary/aromatic N) is 3. The Kier molecular flexibility index (Phi) is 8.06. The van der Waals surface area contributed by atoms with Crippen LogP contribution in [0.1, 0.15) is 25.0 Å². The third kappa shape index (κ3) is 5.33. The maximum absolute atomic E-state index is 16.3. The molecule has 1 atom stereocenters. The minimum atomic E-state index is -3.52. The van der Waals surface area contributed by atoms with Gasteiger partial charge in [-0.1, -0.05) is 141 Å². The molecule has 0 fully saturated rings. The molecule has 1 aliphatic heterocycles. The van der Waals surface area contributed by atoms with Crippen LogP contribution in [-0.2, 0) is 9.98 Å². The van der Waals surface area contributed by atoms with Crippen molar-refractivity contribution in [2.24, 2.45) is 0 Å². The molecule has 0 saturated heterocycles. The third-order valence-corrected chi connectivity index (χ3v) is 14.3. The molecule has 0 spiro atoms. The summed E-state index contributed by atoms with van der Waals surface area (Å²) in [5.74, 6) is 0. The van der Waals surface area contributed by atoms with Gasteiger partial charge >= 0.3 is 7.44 Å². The first-order chi connectivity index (χ1) is 27.4. The first-order valence-corrected chi connectivity index (χ1v) is 20.8. The fourth-order valence-electron chi connectivity index (χ4n) is 8.68. The molecule has 8 aromatic rings. The summed E-state index contributed by atoms with van der Waals surface area (Å²) < 4.78 is 20.4. The van der Waals surface area contributed by atoms with Gasteiger partial charge in [-0.15, -0.1) is 0 Å². The van der Waals surface area contributed by atoms with Crippen molar-refractivity contribution in [1.29, 1.82) is 0 Å². The Labute approximate surface area is 329 Å². The van der Waals surface area contributed by atoms with E-state index in [0.717, 1.165) is 50.7 Å². The van der Waals surface area contributed by atoms with Gasteiger partial charge in [0.2, 0.25) is 0 Å². The average molecular weight is 742 g/mol. The fourth-order valence-corrected chi connectivity index (χ4v) is 11.7. The smallest absolute Gasteiger partial charge is 0.301 e. The van der Waals surface area contributed by atoms with Crippen molar-refractivity contribution in [3.8, 4) is 22.3 Å². The van der Waals surface area contributed by atoms with Gasteiger partial charge in [0.25, 0.3) is 0 Å². The van der Waals surface area contributed by atoms with Gasteiger partial charge in [0.1, 0.15) is 0 Å². The zero-order valence-corrected chi connectivity index (χ0v) is 32.2. The quantitative estimate of drug-likeness (QED) is 0.152. The van der Waals surface area contributed by atoms with Gasteiger partial charge in [-0.05, 0) is 112 Å². The van der Waals surface area contributed by atoms with Crippen molar-refractivity contribution in [3.63, 3.8) is 0 Å². The highest BCUT2D eigenvalue weighted by Gasteiger charge is 2.49. The molecule has 0 radical (unpaired) electrons. The van der Waals surface area contributed by atoms with E-state index in [4.69, 9.17) is 0 Å². The SMILES string of the molecule is CC1(C)c2ccccc2-c2ccc(N(c3ccc(-c4ccccc4)cc3)c3ccc4c(c3)N(c3ccccc3)P(=O)(c3ccccc3)N4c3ccccc3)cc21. The van der Waals surface area contributed by atoms with Crippen LogP contribution in [0.25, 0.3) is 22.3 Å². The van der Waals surface area contributed by atoms with Crippen LogP contribution >= 0.6 is 7.44 Å². The van der Waals surface area contributed by atoms with Gasteiger partial charge in [-0.2, -0.15) is 0 Å². The predicted molar refractivity (Wildman–Crippen MR) is 235 cm³/mol. The van der Waals surface area contributed by atoms with Crippen molar-refractivity contribution in [3.05, 3.63) is 217 Å². The standard InChI is InChI=1S/C51H40N3OP/c1-51(2)47-26-16-15-25-45(47)46-33-31-42(35-48(46)51)52(39-29-27-38(28-30-39)37-17-7-3-8-18-37)43-32-34-49-50(36-43)54(41-21-11-5-12-22-41)56(55,44-23-13-6-14-24-44)53(49)40-19-9-4-10-20-40/h3-36H,1-2H3. The van der Waals surface area contributed by atoms with Crippen LogP contribution < -0.4 is 19.5 Å². The second-order valence-electron chi connectivity index (χ2n) is 15.0. The summed E-state index contributed by atoms with van der Waals surface area (Å²) in [5.41, 5.74) is 14.0. The second kappa shape index (κ2) is 13.3. The Morgan fingerprint density at radius 2 is 0.911 bits per heavy atom. The number of anilines is 7. The molecule has 56 heavy (non-hydrogen) atoms. The number of rotatable bonds is 7. The summed E-state index contributed by atoms with van der Waals surface area (Å²) in [4.78, 5) is 2.34. The molecular weight excluding hydrogens is 702 g/mol. The Balaban J connectivity index is 1.19. The number of fused-ring (bicyclic) bond motifs is 4.